The van der Waals surface area contributed by atoms with Crippen LogP contribution < -0.4 is 29.4 Å². The number of para-hydroxylation sites is 2. The van der Waals surface area contributed by atoms with Crippen LogP contribution in [0.4, 0.5) is 11.4 Å². The first-order valence-electron chi connectivity index (χ1n) is 16.6. The molecule has 5 aromatic rings. The second kappa shape index (κ2) is 15.0. The van der Waals surface area contributed by atoms with Gasteiger partial charge < -0.3 is 23.8 Å². The zero-order chi connectivity index (χ0) is 36.1. The molecule has 0 radical (unpaired) electrons. The molecule has 0 bridgehead atoms. The summed E-state index contributed by atoms with van der Waals surface area (Å²) in [5.41, 5.74) is 6.27. The minimum absolute atomic E-state index is 0.149. The minimum atomic E-state index is -0.213. The third-order valence-corrected chi connectivity index (χ3v) is 8.78. The van der Waals surface area contributed by atoms with Crippen molar-refractivity contribution < 1.29 is 23.7 Å². The van der Waals surface area contributed by atoms with Crippen LogP contribution in [0.2, 0.25) is 0 Å². The van der Waals surface area contributed by atoms with Crippen LogP contribution in [-0.2, 0) is 12.8 Å². The van der Waals surface area contributed by atoms with Crippen molar-refractivity contribution in [1.29, 1.82) is 0 Å². The number of fused-ring (bicyclic) bond motifs is 2. The molecule has 10 heteroatoms. The first-order valence-corrected chi connectivity index (χ1v) is 16.6. The molecule has 0 spiro atoms. The number of aromatic nitrogens is 2. The first-order chi connectivity index (χ1) is 24.8. The Hall–Kier alpha value is -6.34. The maximum Gasteiger partial charge on any atom is 0.356 e. The lowest BCUT2D eigenvalue weighted by Gasteiger charge is -2.18. The highest BCUT2D eigenvalue weighted by molar-refractivity contribution is 6.11. The maximum absolute atomic E-state index is 13.6. The van der Waals surface area contributed by atoms with Crippen LogP contribution in [0.5, 0.6) is 23.0 Å². The summed E-state index contributed by atoms with van der Waals surface area (Å²) in [5.74, 6) is 1.40. The smallest absolute Gasteiger partial charge is 0.356 e. The van der Waals surface area contributed by atoms with Crippen LogP contribution in [0, 0.1) is 6.57 Å². The number of methoxy groups -OCH3 is 2. The van der Waals surface area contributed by atoms with Gasteiger partial charge in [-0.05, 0) is 65.1 Å². The van der Waals surface area contributed by atoms with Gasteiger partial charge in [-0.1, -0.05) is 56.0 Å². The molecule has 10 nitrogen and oxygen atoms in total. The third-order valence-electron chi connectivity index (χ3n) is 8.78. The van der Waals surface area contributed by atoms with E-state index in [0.29, 0.717) is 57.3 Å². The number of hydrogen-bond acceptors (Lipinski definition) is 7. The summed E-state index contributed by atoms with van der Waals surface area (Å²) in [6.07, 6.45) is 4.96. The molecule has 1 aliphatic heterocycles. The average Bonchev–Trinajstić information content (AvgIpc) is 3.59. The molecule has 0 unspecified atom stereocenters. The van der Waals surface area contributed by atoms with Crippen molar-refractivity contribution in [3.63, 3.8) is 0 Å². The summed E-state index contributed by atoms with van der Waals surface area (Å²) < 4.78 is 24.9. The second-order valence-electron chi connectivity index (χ2n) is 12.1. The normalized spacial score (nSPS) is 12.3. The number of aryl methyl sites for hydroxylation is 1. The standard InChI is InChI=1S/C41H39N4O6/c1-7-28-12-8-10-14-34(28)45-25-43-33-22-39(37(49-6)20-31(33)41(45)47)51-24-27(3)18-26(2)23-50-38-21-32(42-4)30(19-36(38)48-5)40(46)44-17-16-29-13-9-11-15-35(29)44/h4,8-15,18-22,25H,3,7,16-17,23-24H2,1-2,5-6H3/q+1/b26-18+. The van der Waals surface area contributed by atoms with Crippen LogP contribution in [0.1, 0.15) is 35.3 Å². The summed E-state index contributed by atoms with van der Waals surface area (Å²) in [7, 11) is 3.04. The molecule has 0 N–H and O–H groups in total. The number of carbonyl (C=O) groups excluding carboxylic acids is 1. The summed E-state index contributed by atoms with van der Waals surface area (Å²) in [5, 5.41) is 0.416. The summed E-state index contributed by atoms with van der Waals surface area (Å²) >= 11 is 0. The number of carbonyl (C=O) groups is 1. The Bertz CT molecular complexity index is 2280. The second-order valence-corrected chi connectivity index (χ2v) is 12.1. The Morgan fingerprint density at radius 3 is 2.37 bits per heavy atom. The number of rotatable bonds is 12. The van der Waals surface area contributed by atoms with Crippen molar-refractivity contribution in [2.75, 3.05) is 38.9 Å². The van der Waals surface area contributed by atoms with E-state index in [1.165, 1.54) is 20.5 Å². The molecule has 1 aromatic heterocycles. The number of ether oxygens (including phenoxy) is 4. The Morgan fingerprint density at radius 2 is 1.63 bits per heavy atom. The molecule has 51 heavy (non-hydrogen) atoms. The Balaban J connectivity index is 1.13. The van der Waals surface area contributed by atoms with Crippen molar-refractivity contribution in [2.24, 2.45) is 0 Å². The van der Waals surface area contributed by atoms with Gasteiger partial charge in [0.1, 0.15) is 25.1 Å². The topological polar surface area (TPSA) is 96.5 Å². The molecule has 0 aliphatic carbocycles. The van der Waals surface area contributed by atoms with Crippen LogP contribution in [-0.4, -0.2) is 49.4 Å². The van der Waals surface area contributed by atoms with E-state index in [9.17, 15) is 9.59 Å². The molecular formula is C41H39N4O6+. The van der Waals surface area contributed by atoms with Gasteiger partial charge in [0.2, 0.25) is 0 Å². The van der Waals surface area contributed by atoms with Gasteiger partial charge in [0.05, 0.1) is 36.9 Å². The molecule has 1 amide bonds. The van der Waals surface area contributed by atoms with E-state index in [4.69, 9.17) is 25.5 Å². The van der Waals surface area contributed by atoms with Gasteiger partial charge >= 0.3 is 5.69 Å². The molecular weight excluding hydrogens is 644 g/mol. The molecule has 0 fully saturated rings. The number of amides is 1. The van der Waals surface area contributed by atoms with E-state index in [1.54, 1.807) is 33.7 Å². The Morgan fingerprint density at radius 1 is 0.941 bits per heavy atom. The van der Waals surface area contributed by atoms with Crippen molar-refractivity contribution >= 4 is 28.2 Å². The zero-order valence-electron chi connectivity index (χ0n) is 29.1. The third kappa shape index (κ3) is 7.05. The van der Waals surface area contributed by atoms with Crippen molar-refractivity contribution in [3.05, 3.63) is 135 Å². The van der Waals surface area contributed by atoms with E-state index in [2.05, 4.69) is 16.4 Å². The first kappa shape index (κ1) is 34.5. The highest BCUT2D eigenvalue weighted by Crippen LogP contribution is 2.38. The van der Waals surface area contributed by atoms with Crippen molar-refractivity contribution in [3.8, 4) is 35.3 Å². The fourth-order valence-corrected chi connectivity index (χ4v) is 6.21. The van der Waals surface area contributed by atoms with Gasteiger partial charge in [0, 0.05) is 24.4 Å². The molecule has 2 heterocycles. The quantitative estimate of drug-likeness (QED) is 0.124. The highest BCUT2D eigenvalue weighted by Gasteiger charge is 2.31. The number of hydrogen-bond donors (Lipinski definition) is 0. The van der Waals surface area contributed by atoms with Gasteiger partial charge in [-0.25, -0.2) is 4.98 Å². The van der Waals surface area contributed by atoms with Gasteiger partial charge in [0.25, 0.3) is 18.0 Å². The van der Waals surface area contributed by atoms with Gasteiger partial charge in [-0.3, -0.25) is 14.2 Å². The summed E-state index contributed by atoms with van der Waals surface area (Å²) in [6.45, 7) is 14.7. The molecule has 6 rings (SSSR count). The molecule has 4 aromatic carbocycles. The summed E-state index contributed by atoms with van der Waals surface area (Å²) in [6, 6.07) is 22.2. The van der Waals surface area contributed by atoms with E-state index >= 15 is 0 Å². The molecule has 0 saturated heterocycles. The van der Waals surface area contributed by atoms with Crippen LogP contribution >= 0.6 is 0 Å². The predicted molar refractivity (Wildman–Crippen MR) is 200 cm³/mol. The minimum Gasteiger partial charge on any atom is -0.493 e. The monoisotopic (exact) mass is 683 g/mol. The maximum atomic E-state index is 13.6. The number of nitrogens with zero attached hydrogens (tertiary/aromatic N) is 4. The Labute approximate surface area is 296 Å². The predicted octanol–water partition coefficient (Wildman–Crippen LogP) is 7.72. The zero-order valence-corrected chi connectivity index (χ0v) is 29.1. The van der Waals surface area contributed by atoms with Gasteiger partial charge in [-0.15, -0.1) is 0 Å². The summed E-state index contributed by atoms with van der Waals surface area (Å²) in [4.78, 5) is 37.3. The van der Waals surface area contributed by atoms with E-state index < -0.39 is 0 Å². The van der Waals surface area contributed by atoms with E-state index in [-0.39, 0.29) is 24.7 Å². The lowest BCUT2D eigenvalue weighted by molar-refractivity contribution is 0.0990. The fourth-order valence-electron chi connectivity index (χ4n) is 6.21. The largest absolute Gasteiger partial charge is 0.493 e. The van der Waals surface area contributed by atoms with E-state index in [1.807, 2.05) is 68.5 Å². The van der Waals surface area contributed by atoms with Gasteiger partial charge in [0.15, 0.2) is 23.0 Å². The lowest BCUT2D eigenvalue weighted by atomic mass is 10.1. The van der Waals surface area contributed by atoms with Crippen LogP contribution in [0.25, 0.3) is 21.4 Å². The molecule has 0 atom stereocenters. The van der Waals surface area contributed by atoms with Crippen LogP contribution in [0.15, 0.2) is 108 Å². The average molecular weight is 684 g/mol. The van der Waals surface area contributed by atoms with E-state index in [0.717, 1.165) is 40.9 Å². The van der Waals surface area contributed by atoms with Crippen molar-refractivity contribution in [2.45, 2.75) is 26.7 Å². The number of anilines is 1. The lowest BCUT2D eigenvalue weighted by Crippen LogP contribution is -2.29. The molecule has 258 valence electrons. The van der Waals surface area contributed by atoms with Gasteiger partial charge in [-0.2, -0.15) is 0 Å². The SMILES string of the molecule is C#[N+]c1cc(OC/C(C)=C/C(=C)COc2cc3ncn(-c4ccccc4CC)c(=O)c3cc2OC)c(OC)cc1C(=O)N1CCc2ccccc21. The molecule has 1 aliphatic rings. The Kier molecular flexibility index (Phi) is 10.2. The molecule has 0 saturated carbocycles. The number of benzene rings is 4. The fraction of sp³-hybridized carbons (Fsp3) is 0.220. The van der Waals surface area contributed by atoms with Crippen LogP contribution in [0.3, 0.4) is 0 Å². The highest BCUT2D eigenvalue weighted by atomic mass is 16.5. The van der Waals surface area contributed by atoms with Crippen molar-refractivity contribution in [1.82, 2.24) is 9.55 Å².